The fourth-order valence-electron chi connectivity index (χ4n) is 2.67. The van der Waals surface area contributed by atoms with Crippen LogP contribution in [0, 0.1) is 0 Å². The van der Waals surface area contributed by atoms with Gasteiger partial charge in [-0.25, -0.2) is 0 Å². The number of fused-ring (bicyclic) bond motifs is 1. The van der Waals surface area contributed by atoms with Gasteiger partial charge in [-0.2, -0.15) is 0 Å². The van der Waals surface area contributed by atoms with E-state index in [4.69, 9.17) is 4.74 Å². The van der Waals surface area contributed by atoms with Crippen LogP contribution in [-0.2, 0) is 9.59 Å². The highest BCUT2D eigenvalue weighted by Crippen LogP contribution is 2.33. The number of hydrogen-bond donors (Lipinski definition) is 2. The average molecular weight is 368 g/mol. The van der Waals surface area contributed by atoms with E-state index in [9.17, 15) is 14.4 Å². The van der Waals surface area contributed by atoms with E-state index in [-0.39, 0.29) is 36.9 Å². The van der Waals surface area contributed by atoms with Gasteiger partial charge in [-0.05, 0) is 44.2 Å². The number of ether oxygens (including phenoxy) is 1. The minimum Gasteiger partial charge on any atom is -0.482 e. The molecule has 2 heterocycles. The lowest BCUT2D eigenvalue weighted by molar-refractivity contribution is -0.125. The summed E-state index contributed by atoms with van der Waals surface area (Å²) in [5.41, 5.74) is 1.29. The second kappa shape index (κ2) is 7.86. The second-order valence-corrected chi connectivity index (χ2v) is 6.37. The molecule has 0 atom stereocenters. The lowest BCUT2D eigenvalue weighted by Crippen LogP contribution is -2.46. The van der Waals surface area contributed by atoms with Crippen LogP contribution in [-0.4, -0.2) is 41.9 Å². The van der Waals surface area contributed by atoms with Crippen molar-refractivity contribution >= 4 is 29.1 Å². The van der Waals surface area contributed by atoms with Crippen LogP contribution >= 0.6 is 0 Å². The van der Waals surface area contributed by atoms with Crippen LogP contribution in [0.1, 0.15) is 24.2 Å². The van der Waals surface area contributed by atoms with Crippen molar-refractivity contribution in [3.63, 3.8) is 0 Å². The van der Waals surface area contributed by atoms with E-state index in [1.165, 1.54) is 11.1 Å². The first-order valence-corrected chi connectivity index (χ1v) is 8.52. The smallest absolute Gasteiger partial charge is 0.265 e. The van der Waals surface area contributed by atoms with Crippen molar-refractivity contribution in [2.45, 2.75) is 19.9 Å². The largest absolute Gasteiger partial charge is 0.482 e. The number of hydrogen-bond acceptors (Lipinski definition) is 5. The van der Waals surface area contributed by atoms with Crippen LogP contribution < -0.4 is 20.3 Å². The van der Waals surface area contributed by atoms with Crippen molar-refractivity contribution in [3.05, 3.63) is 48.3 Å². The van der Waals surface area contributed by atoms with Gasteiger partial charge in [0, 0.05) is 17.8 Å². The van der Waals surface area contributed by atoms with Gasteiger partial charge in [0.1, 0.15) is 12.3 Å². The Labute approximate surface area is 156 Å². The van der Waals surface area contributed by atoms with Gasteiger partial charge >= 0.3 is 0 Å². The Morgan fingerprint density at radius 2 is 2.11 bits per heavy atom. The quantitative estimate of drug-likeness (QED) is 0.835. The zero-order valence-electron chi connectivity index (χ0n) is 15.1. The molecular weight excluding hydrogens is 348 g/mol. The Kier molecular flexibility index (Phi) is 5.35. The number of aromatic nitrogens is 1. The van der Waals surface area contributed by atoms with E-state index in [2.05, 4.69) is 15.6 Å². The molecule has 0 bridgehead atoms. The van der Waals surface area contributed by atoms with Crippen LogP contribution in [0.15, 0.2) is 42.7 Å². The Hall–Kier alpha value is -3.42. The van der Waals surface area contributed by atoms with Crippen LogP contribution in [0.2, 0.25) is 0 Å². The summed E-state index contributed by atoms with van der Waals surface area (Å²) in [6, 6.07) is 8.16. The fourth-order valence-corrected chi connectivity index (χ4v) is 2.67. The van der Waals surface area contributed by atoms with Crippen molar-refractivity contribution in [1.82, 2.24) is 10.3 Å². The number of amides is 3. The normalized spacial score (nSPS) is 13.0. The summed E-state index contributed by atoms with van der Waals surface area (Å²) in [7, 11) is 0. The molecule has 0 saturated heterocycles. The summed E-state index contributed by atoms with van der Waals surface area (Å²) >= 11 is 0. The van der Waals surface area contributed by atoms with Crippen molar-refractivity contribution < 1.29 is 19.1 Å². The molecule has 1 aliphatic rings. The Morgan fingerprint density at radius 1 is 1.30 bits per heavy atom. The molecule has 2 N–H and O–H groups in total. The highest BCUT2D eigenvalue weighted by Gasteiger charge is 2.28. The predicted octanol–water partition coefficient (Wildman–Crippen LogP) is 1.58. The standard InChI is InChI=1S/C19H20N4O4/c1-12(2)21-17(24)10-23-15-8-13(5-6-16(15)27-11-18(23)25)19(26)22-14-4-3-7-20-9-14/h3-9,12H,10-11H2,1-2H3,(H,21,24)(H,22,26). The van der Waals surface area contributed by atoms with Gasteiger partial charge in [-0.1, -0.05) is 0 Å². The zero-order chi connectivity index (χ0) is 19.4. The van der Waals surface area contributed by atoms with Crippen LogP contribution in [0.4, 0.5) is 11.4 Å². The van der Waals surface area contributed by atoms with E-state index in [0.717, 1.165) is 0 Å². The molecule has 27 heavy (non-hydrogen) atoms. The highest BCUT2D eigenvalue weighted by molar-refractivity contribution is 6.07. The SMILES string of the molecule is CC(C)NC(=O)CN1C(=O)COc2ccc(C(=O)Nc3cccnc3)cc21. The van der Waals surface area contributed by atoms with E-state index in [0.29, 0.717) is 22.7 Å². The Morgan fingerprint density at radius 3 is 2.81 bits per heavy atom. The first-order valence-electron chi connectivity index (χ1n) is 8.52. The number of carbonyl (C=O) groups is 3. The van der Waals surface area contributed by atoms with Crippen molar-refractivity contribution in [2.24, 2.45) is 0 Å². The molecule has 3 rings (SSSR count). The van der Waals surface area contributed by atoms with Gasteiger partial charge in [0.15, 0.2) is 6.61 Å². The minimum absolute atomic E-state index is 0.0373. The van der Waals surface area contributed by atoms with Crippen molar-refractivity contribution in [1.29, 1.82) is 0 Å². The number of carbonyl (C=O) groups excluding carboxylic acids is 3. The lowest BCUT2D eigenvalue weighted by atomic mass is 10.1. The number of rotatable bonds is 5. The van der Waals surface area contributed by atoms with Crippen molar-refractivity contribution in [2.75, 3.05) is 23.4 Å². The zero-order valence-corrected chi connectivity index (χ0v) is 15.1. The monoisotopic (exact) mass is 368 g/mol. The van der Waals surface area contributed by atoms with Gasteiger partial charge in [0.25, 0.3) is 11.8 Å². The maximum absolute atomic E-state index is 12.5. The molecular formula is C19H20N4O4. The van der Waals surface area contributed by atoms with Gasteiger partial charge in [-0.15, -0.1) is 0 Å². The molecule has 1 aliphatic heterocycles. The van der Waals surface area contributed by atoms with Gasteiger partial charge in [0.05, 0.1) is 17.6 Å². The fraction of sp³-hybridized carbons (Fsp3) is 0.263. The molecule has 0 radical (unpaired) electrons. The number of nitrogens with one attached hydrogen (secondary N) is 2. The topological polar surface area (TPSA) is 101 Å². The third-order valence-corrected chi connectivity index (χ3v) is 3.83. The van der Waals surface area contributed by atoms with Crippen LogP contribution in [0.5, 0.6) is 5.75 Å². The number of nitrogens with zero attached hydrogens (tertiary/aromatic N) is 2. The number of benzene rings is 1. The van der Waals surface area contributed by atoms with E-state index in [1.807, 2.05) is 13.8 Å². The molecule has 8 nitrogen and oxygen atoms in total. The van der Waals surface area contributed by atoms with Gasteiger partial charge in [0.2, 0.25) is 5.91 Å². The van der Waals surface area contributed by atoms with E-state index in [1.54, 1.807) is 36.5 Å². The maximum atomic E-state index is 12.5. The summed E-state index contributed by atoms with van der Waals surface area (Å²) in [4.78, 5) is 42.1. The molecule has 0 spiro atoms. The van der Waals surface area contributed by atoms with Crippen LogP contribution in [0.3, 0.4) is 0 Å². The summed E-state index contributed by atoms with van der Waals surface area (Å²) in [5.74, 6) is -0.525. The average Bonchev–Trinajstić information content (AvgIpc) is 2.64. The first kappa shape index (κ1) is 18.4. The Balaban J connectivity index is 1.83. The first-order chi connectivity index (χ1) is 12.9. The van der Waals surface area contributed by atoms with E-state index >= 15 is 0 Å². The van der Waals surface area contributed by atoms with E-state index < -0.39 is 0 Å². The third-order valence-electron chi connectivity index (χ3n) is 3.83. The molecule has 140 valence electrons. The summed E-state index contributed by atoms with van der Waals surface area (Å²) in [6.45, 7) is 3.39. The molecule has 2 aromatic rings. The van der Waals surface area contributed by atoms with Gasteiger partial charge in [-0.3, -0.25) is 24.3 Å². The molecule has 0 unspecified atom stereocenters. The molecule has 0 fully saturated rings. The van der Waals surface area contributed by atoms with Crippen LogP contribution in [0.25, 0.3) is 0 Å². The number of pyridine rings is 1. The maximum Gasteiger partial charge on any atom is 0.265 e. The molecule has 1 aromatic carbocycles. The Bertz CT molecular complexity index is 867. The third kappa shape index (κ3) is 4.41. The summed E-state index contributed by atoms with van der Waals surface area (Å²) in [6.07, 6.45) is 3.14. The molecule has 1 aromatic heterocycles. The summed E-state index contributed by atoms with van der Waals surface area (Å²) < 4.78 is 5.42. The predicted molar refractivity (Wildman–Crippen MR) is 99.8 cm³/mol. The highest BCUT2D eigenvalue weighted by atomic mass is 16.5. The minimum atomic E-state index is -0.351. The summed E-state index contributed by atoms with van der Waals surface area (Å²) in [5, 5.41) is 5.48. The molecule has 0 saturated carbocycles. The van der Waals surface area contributed by atoms with Gasteiger partial charge < -0.3 is 15.4 Å². The molecule has 3 amide bonds. The molecule has 8 heteroatoms. The molecule has 0 aliphatic carbocycles. The van der Waals surface area contributed by atoms with Crippen molar-refractivity contribution in [3.8, 4) is 5.75 Å². The second-order valence-electron chi connectivity index (χ2n) is 6.37. The number of anilines is 2. The lowest BCUT2D eigenvalue weighted by Gasteiger charge is -2.29.